The number of benzene rings is 1. The second-order valence-corrected chi connectivity index (χ2v) is 3.08. The molecule has 2 N–H and O–H groups in total. The van der Waals surface area contributed by atoms with Gasteiger partial charge in [0.25, 0.3) is 5.69 Å². The number of carbonyl (C=O) groups is 1. The van der Waals surface area contributed by atoms with Gasteiger partial charge in [-0.3, -0.25) is 10.1 Å². The van der Waals surface area contributed by atoms with Gasteiger partial charge in [0.1, 0.15) is 11.5 Å². The van der Waals surface area contributed by atoms with Crippen LogP contribution in [-0.4, -0.2) is 22.5 Å². The molecule has 0 bridgehead atoms. The first-order valence-electron chi connectivity index (χ1n) is 4.53. The molecule has 0 spiro atoms. The summed E-state index contributed by atoms with van der Waals surface area (Å²) in [7, 11) is 0. The number of rotatable bonds is 5. The summed E-state index contributed by atoms with van der Waals surface area (Å²) in [5, 5.41) is 21.9. The number of nitrogens with one attached hydrogen (secondary N) is 1. The van der Waals surface area contributed by atoms with Gasteiger partial charge >= 0.3 is 5.97 Å². The summed E-state index contributed by atoms with van der Waals surface area (Å²) < 4.78 is 13.2. The van der Waals surface area contributed by atoms with E-state index in [-0.39, 0.29) is 12.2 Å². The lowest BCUT2D eigenvalue weighted by molar-refractivity contribution is -0.384. The van der Waals surface area contributed by atoms with E-state index in [4.69, 9.17) is 5.11 Å². The van der Waals surface area contributed by atoms with Gasteiger partial charge in [0.15, 0.2) is 0 Å². The van der Waals surface area contributed by atoms with Crippen LogP contribution in [0.4, 0.5) is 15.8 Å². The average Bonchev–Trinajstić information content (AvgIpc) is 2.26. The van der Waals surface area contributed by atoms with Crippen molar-refractivity contribution in [2.24, 2.45) is 0 Å². The number of anilines is 1. The van der Waals surface area contributed by atoms with Crippen LogP contribution in [0.3, 0.4) is 0 Å². The summed E-state index contributed by atoms with van der Waals surface area (Å²) in [6.07, 6.45) is 1.44. The Morgan fingerprint density at radius 1 is 1.65 bits per heavy atom. The van der Waals surface area contributed by atoms with Crippen LogP contribution < -0.4 is 5.32 Å². The number of nitro benzene ring substituents is 1. The maximum atomic E-state index is 13.2. The zero-order valence-electron chi connectivity index (χ0n) is 8.64. The molecule has 0 amide bonds. The van der Waals surface area contributed by atoms with E-state index >= 15 is 0 Å². The molecule has 0 fully saturated rings. The Bertz CT molecular complexity index is 487. The Kier molecular flexibility index (Phi) is 3.76. The zero-order valence-corrected chi connectivity index (χ0v) is 8.64. The predicted octanol–water partition coefficient (Wildman–Crippen LogP) is 2.03. The first-order valence-corrected chi connectivity index (χ1v) is 4.53. The maximum absolute atomic E-state index is 13.2. The van der Waals surface area contributed by atoms with Gasteiger partial charge in [-0.2, -0.15) is 0 Å². The minimum atomic E-state index is -1.49. The molecule has 17 heavy (non-hydrogen) atoms. The van der Waals surface area contributed by atoms with Gasteiger partial charge in [0, 0.05) is 6.54 Å². The van der Waals surface area contributed by atoms with Gasteiger partial charge in [-0.1, -0.05) is 6.08 Å². The lowest BCUT2D eigenvalue weighted by Crippen LogP contribution is -2.07. The molecular weight excluding hydrogens is 231 g/mol. The molecule has 0 aromatic heterocycles. The van der Waals surface area contributed by atoms with E-state index in [2.05, 4.69) is 11.9 Å². The van der Waals surface area contributed by atoms with E-state index in [1.165, 1.54) is 6.08 Å². The third-order valence-electron chi connectivity index (χ3n) is 1.95. The summed E-state index contributed by atoms with van der Waals surface area (Å²) in [5.74, 6) is -2.63. The highest BCUT2D eigenvalue weighted by atomic mass is 19.1. The molecule has 0 aliphatic rings. The summed E-state index contributed by atoms with van der Waals surface area (Å²) >= 11 is 0. The number of halogens is 1. The number of aromatic carboxylic acids is 1. The highest BCUT2D eigenvalue weighted by molar-refractivity contribution is 5.90. The molecule has 1 aromatic carbocycles. The Labute approximate surface area is 95.5 Å². The van der Waals surface area contributed by atoms with Crippen molar-refractivity contribution in [3.63, 3.8) is 0 Å². The van der Waals surface area contributed by atoms with Gasteiger partial charge in [-0.15, -0.1) is 6.58 Å². The Morgan fingerprint density at radius 3 is 2.76 bits per heavy atom. The van der Waals surface area contributed by atoms with Crippen molar-refractivity contribution in [2.75, 3.05) is 11.9 Å². The first kappa shape index (κ1) is 12.6. The van der Waals surface area contributed by atoms with Crippen LogP contribution in [0.25, 0.3) is 0 Å². The van der Waals surface area contributed by atoms with Gasteiger partial charge in [0.05, 0.1) is 16.6 Å². The number of carboxylic acids is 1. The summed E-state index contributed by atoms with van der Waals surface area (Å²) in [6.45, 7) is 3.60. The zero-order chi connectivity index (χ0) is 13.0. The Morgan fingerprint density at radius 2 is 2.29 bits per heavy atom. The van der Waals surface area contributed by atoms with E-state index in [0.717, 1.165) is 6.07 Å². The van der Waals surface area contributed by atoms with Gasteiger partial charge in [-0.05, 0) is 6.07 Å². The van der Waals surface area contributed by atoms with Crippen LogP contribution in [0.15, 0.2) is 24.8 Å². The van der Waals surface area contributed by atoms with Crippen LogP contribution in [0.1, 0.15) is 10.4 Å². The van der Waals surface area contributed by atoms with Crippen molar-refractivity contribution in [1.82, 2.24) is 0 Å². The molecule has 7 heteroatoms. The average molecular weight is 240 g/mol. The molecule has 6 nitrogen and oxygen atoms in total. The first-order chi connectivity index (χ1) is 7.97. The molecule has 0 unspecified atom stereocenters. The topological polar surface area (TPSA) is 92.5 Å². The number of nitrogens with zero attached hydrogens (tertiary/aromatic N) is 1. The maximum Gasteiger partial charge on any atom is 0.338 e. The SMILES string of the molecule is C=CCNc1cc(C(=O)O)c(F)cc1[N+](=O)[O-]. The molecule has 0 radical (unpaired) electrons. The highest BCUT2D eigenvalue weighted by Gasteiger charge is 2.21. The third-order valence-corrected chi connectivity index (χ3v) is 1.95. The quantitative estimate of drug-likeness (QED) is 0.466. The highest BCUT2D eigenvalue weighted by Crippen LogP contribution is 2.27. The minimum absolute atomic E-state index is 0.0614. The van der Waals surface area contributed by atoms with E-state index < -0.39 is 28.0 Å². The second-order valence-electron chi connectivity index (χ2n) is 3.08. The number of nitro groups is 1. The standard InChI is InChI=1S/C10H9FN2O4/c1-2-3-12-8-4-6(10(14)15)7(11)5-9(8)13(16)17/h2,4-5,12H,1,3H2,(H,14,15). The van der Waals surface area contributed by atoms with Crippen molar-refractivity contribution in [3.05, 3.63) is 46.3 Å². The Hall–Kier alpha value is -2.44. The van der Waals surface area contributed by atoms with E-state index in [0.29, 0.717) is 6.07 Å². The normalized spacial score (nSPS) is 9.71. The largest absolute Gasteiger partial charge is 0.478 e. The number of hydrogen-bond donors (Lipinski definition) is 2. The van der Waals surface area contributed by atoms with Crippen molar-refractivity contribution in [1.29, 1.82) is 0 Å². The summed E-state index contributed by atoms with van der Waals surface area (Å²) in [6, 6.07) is 1.47. The molecule has 0 aliphatic carbocycles. The van der Waals surface area contributed by atoms with E-state index in [9.17, 15) is 19.3 Å². The van der Waals surface area contributed by atoms with Crippen LogP contribution in [0, 0.1) is 15.9 Å². The van der Waals surface area contributed by atoms with Crippen LogP contribution in [0.2, 0.25) is 0 Å². The lowest BCUT2D eigenvalue weighted by Gasteiger charge is -2.06. The van der Waals surface area contributed by atoms with Crippen molar-refractivity contribution >= 4 is 17.3 Å². The summed E-state index contributed by atoms with van der Waals surface area (Å²) in [5.41, 5.74) is -1.20. The Balaban J connectivity index is 3.30. The lowest BCUT2D eigenvalue weighted by atomic mass is 10.1. The molecule has 0 atom stereocenters. The van der Waals surface area contributed by atoms with Crippen LogP contribution in [-0.2, 0) is 0 Å². The predicted molar refractivity (Wildman–Crippen MR) is 58.7 cm³/mol. The molecule has 0 saturated heterocycles. The molecule has 0 aliphatic heterocycles. The van der Waals surface area contributed by atoms with E-state index in [1.54, 1.807) is 0 Å². The van der Waals surface area contributed by atoms with Gasteiger partial charge in [-0.25, -0.2) is 9.18 Å². The molecule has 90 valence electrons. The molecule has 1 aromatic rings. The fourth-order valence-electron chi connectivity index (χ4n) is 1.20. The van der Waals surface area contributed by atoms with Gasteiger partial charge in [0.2, 0.25) is 0 Å². The van der Waals surface area contributed by atoms with Crippen molar-refractivity contribution in [3.8, 4) is 0 Å². The van der Waals surface area contributed by atoms with Gasteiger partial charge < -0.3 is 10.4 Å². The van der Waals surface area contributed by atoms with E-state index in [1.807, 2.05) is 0 Å². The number of hydrogen-bond acceptors (Lipinski definition) is 4. The molecule has 0 saturated carbocycles. The molecule has 1 rings (SSSR count). The fourth-order valence-corrected chi connectivity index (χ4v) is 1.20. The second kappa shape index (κ2) is 5.06. The fraction of sp³-hybridized carbons (Fsp3) is 0.100. The summed E-state index contributed by atoms with van der Waals surface area (Å²) in [4.78, 5) is 20.5. The monoisotopic (exact) mass is 240 g/mol. The van der Waals surface area contributed by atoms with Crippen molar-refractivity contribution < 1.29 is 19.2 Å². The smallest absolute Gasteiger partial charge is 0.338 e. The third kappa shape index (κ3) is 2.77. The minimum Gasteiger partial charge on any atom is -0.478 e. The van der Waals surface area contributed by atoms with Crippen LogP contribution >= 0.6 is 0 Å². The number of carboxylic acid groups (broad SMARTS) is 1. The van der Waals surface area contributed by atoms with Crippen LogP contribution in [0.5, 0.6) is 0 Å². The van der Waals surface area contributed by atoms with Crippen molar-refractivity contribution in [2.45, 2.75) is 0 Å². The molecular formula is C10H9FN2O4. The molecule has 0 heterocycles.